The van der Waals surface area contributed by atoms with Crippen molar-refractivity contribution in [1.29, 1.82) is 0 Å². The minimum Gasteiger partial charge on any atom is -0.486 e. The van der Waals surface area contributed by atoms with E-state index in [2.05, 4.69) is 147 Å². The molecule has 24 aromatic rings. The van der Waals surface area contributed by atoms with Crippen LogP contribution in [-0.2, 0) is 106 Å². The van der Waals surface area contributed by atoms with E-state index in [1.807, 2.05) is 220 Å². The Labute approximate surface area is 969 Å². The minimum absolute atomic E-state index is 0. The SMILES string of the molecule is CCc1cnc(-c2[c-]ccc3c2oc2nc(C)ccc23)cc1CC.Cc1cccnc1-c1[c-]cccc1.[2H]C([2H])(C)c1cnc(-c2[c-]ccc3c2oc2nc(C)ccc23)cc1C([2H])([2H])C.[2H]C([2H])([2H])c1cccc(-c2[c-]cccc2)n1.[2H]C([2H])([2H])c1cnc(-c2[c-]ccc3c2oc2nc(C)ccc23)cc1C([2H])(C([2H])([2H])[2H])C([2H])([2H])[2H].[2H]C([2H])([2H])c1cnc(-c2[c-]ccc3c2oc2nc(C)ccc23)cc1C([2H])(C([2H])([2H])[2H])C([2H])([2H])[2H].[Ir].[Ir].[Ir].[Ir].[c-]1ccccc1-c1ccccn1.[c-]1ccccc1-c1ccccn1. The van der Waals surface area contributed by atoms with Gasteiger partial charge in [0.1, 0.15) is 0 Å². The summed E-state index contributed by atoms with van der Waals surface area (Å²) in [6.45, 7) is -4.75. The molecule has 0 saturated carbocycles. The van der Waals surface area contributed by atoms with Crippen LogP contribution >= 0.6 is 0 Å². The van der Waals surface area contributed by atoms with Crippen LogP contribution in [0, 0.1) is 104 Å². The largest absolute Gasteiger partial charge is 0.486 e. The van der Waals surface area contributed by atoms with Gasteiger partial charge in [0.05, 0.1) is 22.3 Å². The predicted octanol–water partition coefficient (Wildman–Crippen LogP) is 32.5. The molecule has 0 spiro atoms. The molecule has 8 aromatic carbocycles. The standard InChI is InChI=1S/4C21H19N2O.2C12H10N.2C11H8N.4Ir/c2*1-12(2)18-10-19(22-11-13(18)3)17-7-5-6-15-16-9-8-14(4)23-21(16)24-20(15)17;2*1-4-14-11-19(22-12-15(14)5-2)18-8-6-7-16-17-10-9-13(3)23-21(17)24-20(16)18;1-10-6-5-9-13-12(10)11-7-3-2-4-8-11;1-10-6-5-9-12(13-10)11-7-3-2-4-8-11;2*1-2-6-10(7-3-1)11-8-4-5-9-12-11;;;;/h2*5-6,8-12H,1-4H3;2*6-7,9-12H,4-5H2,1-3H3;2*2-7,9H,1H3;2*1-6,8-9H;;;;/q8*-1;;;;/i2*1D3,2D3,3D3,12D;4D2,5D2;;;1D3;;;;;;. The van der Waals surface area contributed by atoms with Crippen molar-refractivity contribution in [2.45, 2.75) is 148 Å². The molecule has 0 aliphatic carbocycles. The third-order valence-corrected chi connectivity index (χ3v) is 23.4. The average molecular weight is 2700 g/mol. The van der Waals surface area contributed by atoms with Crippen molar-refractivity contribution >= 4 is 88.3 Å². The first kappa shape index (κ1) is 80.4. The van der Waals surface area contributed by atoms with Gasteiger partial charge < -0.3 is 57.5 Å². The summed E-state index contributed by atoms with van der Waals surface area (Å²) in [5, 5.41) is 6.64. The van der Waals surface area contributed by atoms with Gasteiger partial charge in [0.2, 0.25) is 22.9 Å². The molecule has 0 saturated heterocycles. The average Bonchev–Trinajstić information content (AvgIpc) is 1.37. The zero-order valence-electron chi connectivity index (χ0n) is 109. The zero-order valence-corrected chi connectivity index (χ0v) is 92.0. The zero-order chi connectivity index (χ0) is 125. The first-order valence-corrected chi connectivity index (χ1v) is 46.7. The van der Waals surface area contributed by atoms with Crippen LogP contribution in [0.4, 0.5) is 0 Å². The molecule has 0 unspecified atom stereocenters. The van der Waals surface area contributed by atoms with Crippen LogP contribution in [0.3, 0.4) is 0 Å². The van der Waals surface area contributed by atoms with Crippen LogP contribution in [0.1, 0.15) is 182 Å². The van der Waals surface area contributed by atoms with Gasteiger partial charge in [0.25, 0.3) is 0 Å². The molecular formula is C130H112Ir4N12O4-8. The molecule has 20 heteroatoms. The molecule has 16 aromatic heterocycles. The number of aromatic nitrogens is 12. The number of hydrogen-bond acceptors (Lipinski definition) is 16. The number of benzene rings is 8. The molecule has 150 heavy (non-hydrogen) atoms. The van der Waals surface area contributed by atoms with Gasteiger partial charge in [-0.2, -0.15) is 0 Å². The summed E-state index contributed by atoms with van der Waals surface area (Å²) < 4.78 is 236. The summed E-state index contributed by atoms with van der Waals surface area (Å²) in [6, 6.07) is 112. The van der Waals surface area contributed by atoms with Gasteiger partial charge in [-0.05, 0) is 244 Å². The summed E-state index contributed by atoms with van der Waals surface area (Å²) in [5.41, 5.74) is 20.0. The molecule has 4 radical (unpaired) electrons. The van der Waals surface area contributed by atoms with Crippen LogP contribution in [0.5, 0.6) is 0 Å². The van der Waals surface area contributed by atoms with Crippen LogP contribution < -0.4 is 0 Å². The fourth-order valence-corrected chi connectivity index (χ4v) is 16.1. The van der Waals surface area contributed by atoms with Crippen molar-refractivity contribution in [3.63, 3.8) is 0 Å². The number of fused-ring (bicyclic) bond motifs is 12. The van der Waals surface area contributed by atoms with Crippen LogP contribution in [0.15, 0.2) is 346 Å². The Bertz CT molecular complexity index is 9450. The number of aryl methyl sites for hydroxylation is 12. The van der Waals surface area contributed by atoms with Gasteiger partial charge in [-0.1, -0.05) is 182 Å². The number of hydrogen-bond donors (Lipinski definition) is 0. The van der Waals surface area contributed by atoms with E-state index < -0.39 is 94.8 Å². The van der Waals surface area contributed by atoms with Crippen LogP contribution in [0.25, 0.3) is 178 Å². The number of rotatable bonds is 14. The second-order valence-corrected chi connectivity index (χ2v) is 33.3. The van der Waals surface area contributed by atoms with E-state index in [1.165, 1.54) is 42.8 Å². The maximum Gasteiger partial charge on any atom is 0.216 e. The third-order valence-electron chi connectivity index (χ3n) is 23.4. The van der Waals surface area contributed by atoms with Gasteiger partial charge in [0.15, 0.2) is 0 Å². The van der Waals surface area contributed by atoms with E-state index in [0.29, 0.717) is 67.3 Å². The smallest absolute Gasteiger partial charge is 0.216 e. The van der Waals surface area contributed by atoms with Crippen molar-refractivity contribution in [2.75, 3.05) is 0 Å². The molecule has 16 heterocycles. The summed E-state index contributed by atoms with van der Waals surface area (Å²) in [4.78, 5) is 51.9. The summed E-state index contributed by atoms with van der Waals surface area (Å²) in [5.74, 6) is -6.44. The molecule has 0 bridgehead atoms. The van der Waals surface area contributed by atoms with Gasteiger partial charge in [-0.15, -0.1) is 216 Å². The van der Waals surface area contributed by atoms with E-state index in [-0.39, 0.29) is 120 Å². The van der Waals surface area contributed by atoms with Crippen molar-refractivity contribution < 1.29 is 135 Å². The maximum absolute atomic E-state index is 8.57. The summed E-state index contributed by atoms with van der Waals surface area (Å²) in [7, 11) is 0. The number of nitrogens with zero attached hydrogens (tertiary/aromatic N) is 12. The van der Waals surface area contributed by atoms with E-state index in [9.17, 15) is 0 Å². The van der Waals surface area contributed by atoms with Crippen LogP contribution in [-0.4, -0.2) is 59.8 Å². The molecule has 0 atom stereocenters. The normalized spacial score (nSPS) is 14.3. The number of furan rings is 4. The summed E-state index contributed by atoms with van der Waals surface area (Å²) >= 11 is 0. The number of pyridine rings is 12. The van der Waals surface area contributed by atoms with E-state index in [0.717, 1.165) is 149 Å². The minimum atomic E-state index is -3.37. The maximum atomic E-state index is 8.57. The van der Waals surface area contributed by atoms with Crippen molar-refractivity contribution in [1.82, 2.24) is 59.8 Å². The molecule has 760 valence electrons. The molecule has 0 N–H and O–H groups in total. The Morgan fingerprint density at radius 2 is 0.627 bits per heavy atom. The van der Waals surface area contributed by atoms with Gasteiger partial charge in [-0.25, -0.2) is 19.9 Å². The van der Waals surface area contributed by atoms with Gasteiger partial charge in [0, 0.05) is 211 Å². The molecule has 0 amide bonds. The van der Waals surface area contributed by atoms with E-state index in [4.69, 9.17) is 54.7 Å². The Kier molecular flexibility index (Phi) is 28.7. The molecule has 0 aliphatic rings. The Morgan fingerprint density at radius 3 is 0.973 bits per heavy atom. The molecule has 0 aliphatic heterocycles. The second kappa shape index (κ2) is 53.5. The van der Waals surface area contributed by atoms with Crippen molar-refractivity contribution in [3.05, 3.63) is 456 Å². The van der Waals surface area contributed by atoms with Gasteiger partial charge >= 0.3 is 0 Å². The van der Waals surface area contributed by atoms with Crippen molar-refractivity contribution in [3.8, 4) is 90.1 Å². The quantitative estimate of drug-likeness (QED) is 0.0928. The third kappa shape index (κ3) is 27.0. The second-order valence-electron chi connectivity index (χ2n) is 33.3. The monoisotopic (exact) mass is 2700 g/mol. The van der Waals surface area contributed by atoms with E-state index >= 15 is 0 Å². The first-order valence-electron chi connectivity index (χ1n) is 60.2. The Hall–Kier alpha value is -14.6. The predicted molar refractivity (Wildman–Crippen MR) is 592 cm³/mol. The fourth-order valence-electron chi connectivity index (χ4n) is 16.1. The Morgan fingerprint density at radius 1 is 0.273 bits per heavy atom. The van der Waals surface area contributed by atoms with Gasteiger partial charge in [-0.3, -0.25) is 0 Å². The summed E-state index contributed by atoms with van der Waals surface area (Å²) in [6.07, 6.45) is 9.13. The topological polar surface area (TPSA) is 207 Å². The van der Waals surface area contributed by atoms with Crippen molar-refractivity contribution in [2.24, 2.45) is 0 Å². The fraction of sp³-hybridized carbons (Fsp3) is 0.169. The Balaban J connectivity index is 0.000000169. The molecule has 0 fully saturated rings. The van der Waals surface area contributed by atoms with E-state index in [1.54, 1.807) is 80.8 Å². The van der Waals surface area contributed by atoms with Crippen LogP contribution in [0.2, 0.25) is 0 Å². The first-order chi connectivity index (χ1) is 81.7. The molecule has 24 rings (SSSR count). The molecular weight excluding hydrogens is 2560 g/mol. The molecule has 16 nitrogen and oxygen atoms in total.